The van der Waals surface area contributed by atoms with E-state index >= 15 is 0 Å². The van der Waals surface area contributed by atoms with Crippen molar-refractivity contribution in [2.45, 2.75) is 70.3 Å². The molecule has 24 heavy (non-hydrogen) atoms. The molecule has 0 radical (unpaired) electrons. The van der Waals surface area contributed by atoms with Gasteiger partial charge in [-0.1, -0.05) is 25.7 Å². The molecule has 4 nitrogen and oxygen atoms in total. The first-order chi connectivity index (χ1) is 10.7. The minimum absolute atomic E-state index is 0. The molecule has 0 saturated heterocycles. The summed E-state index contributed by atoms with van der Waals surface area (Å²) in [7, 11) is 0. The molecule has 1 heterocycles. The summed E-state index contributed by atoms with van der Waals surface area (Å²) in [6.07, 6.45) is 9.67. The van der Waals surface area contributed by atoms with Gasteiger partial charge >= 0.3 is 0 Å². The molecule has 0 aliphatic heterocycles. The molecule has 2 aliphatic carbocycles. The maximum absolute atomic E-state index is 12.6. The van der Waals surface area contributed by atoms with E-state index in [0.717, 1.165) is 23.4 Å². The fourth-order valence-corrected chi connectivity index (χ4v) is 5.03. The second kappa shape index (κ2) is 9.95. The lowest BCUT2D eigenvalue weighted by Gasteiger charge is -2.31. The molecule has 3 N–H and O–H groups in total. The Hall–Kier alpha value is -0.360. The lowest BCUT2D eigenvalue weighted by Crippen LogP contribution is -2.44. The fourth-order valence-electron chi connectivity index (χ4n) is 3.89. The molecule has 7 heteroatoms. The predicted molar refractivity (Wildman–Crippen MR) is 105 cm³/mol. The summed E-state index contributed by atoms with van der Waals surface area (Å²) in [5.41, 5.74) is 6.76. The second-order valence-electron chi connectivity index (χ2n) is 6.81. The zero-order valence-electron chi connectivity index (χ0n) is 14.3. The number of aryl methyl sites for hydroxylation is 1. The molecule has 138 valence electrons. The number of nitrogens with zero attached hydrogens (tertiary/aromatic N) is 1. The van der Waals surface area contributed by atoms with E-state index in [1.165, 1.54) is 43.5 Å². The van der Waals surface area contributed by atoms with Crippen LogP contribution >= 0.6 is 36.2 Å². The Morgan fingerprint density at radius 2 is 1.79 bits per heavy atom. The van der Waals surface area contributed by atoms with Gasteiger partial charge in [-0.2, -0.15) is 0 Å². The van der Waals surface area contributed by atoms with E-state index in [9.17, 15) is 4.79 Å². The molecule has 2 atom stereocenters. The molecular weight excluding hydrogens is 365 g/mol. The first kappa shape index (κ1) is 21.7. The van der Waals surface area contributed by atoms with Crippen molar-refractivity contribution in [3.63, 3.8) is 0 Å². The zero-order chi connectivity index (χ0) is 15.5. The molecule has 2 fully saturated rings. The number of nitrogens with one attached hydrogen (secondary N) is 1. The van der Waals surface area contributed by atoms with Gasteiger partial charge in [-0.15, -0.1) is 36.2 Å². The van der Waals surface area contributed by atoms with Crippen molar-refractivity contribution in [1.29, 1.82) is 0 Å². The third kappa shape index (κ3) is 4.84. The number of aromatic nitrogens is 1. The summed E-state index contributed by atoms with van der Waals surface area (Å²) >= 11 is 1.61. The van der Waals surface area contributed by atoms with Crippen LogP contribution in [-0.2, 0) is 0 Å². The van der Waals surface area contributed by atoms with Crippen molar-refractivity contribution in [3.05, 3.63) is 15.6 Å². The topological polar surface area (TPSA) is 68.0 Å². The van der Waals surface area contributed by atoms with Crippen LogP contribution in [0.15, 0.2) is 0 Å². The first-order valence-electron chi connectivity index (χ1n) is 8.67. The van der Waals surface area contributed by atoms with E-state index in [1.807, 2.05) is 6.92 Å². The van der Waals surface area contributed by atoms with Gasteiger partial charge in [0.05, 0.1) is 10.7 Å². The van der Waals surface area contributed by atoms with E-state index in [4.69, 9.17) is 5.73 Å². The highest BCUT2D eigenvalue weighted by Gasteiger charge is 2.28. The van der Waals surface area contributed by atoms with Crippen LogP contribution in [0.3, 0.4) is 0 Å². The average Bonchev–Trinajstić information content (AvgIpc) is 3.17. The second-order valence-corrected chi connectivity index (χ2v) is 7.84. The SMILES string of the molecule is Cc1nc(C2CCCC2)sc1C(=O)NC1CCCCC1CN.Cl.Cl. The summed E-state index contributed by atoms with van der Waals surface area (Å²) in [5.74, 6) is 1.07. The average molecular weight is 394 g/mol. The van der Waals surface area contributed by atoms with E-state index in [-0.39, 0.29) is 36.8 Å². The van der Waals surface area contributed by atoms with Gasteiger partial charge in [0.15, 0.2) is 0 Å². The van der Waals surface area contributed by atoms with Crippen LogP contribution in [0.2, 0.25) is 0 Å². The lowest BCUT2D eigenvalue weighted by atomic mass is 9.84. The van der Waals surface area contributed by atoms with Gasteiger partial charge < -0.3 is 11.1 Å². The summed E-state index contributed by atoms with van der Waals surface area (Å²) in [6, 6.07) is 0.239. The summed E-state index contributed by atoms with van der Waals surface area (Å²) in [6.45, 7) is 2.63. The monoisotopic (exact) mass is 393 g/mol. The molecule has 1 aromatic heterocycles. The maximum Gasteiger partial charge on any atom is 0.263 e. The highest BCUT2D eigenvalue weighted by Crippen LogP contribution is 2.37. The number of rotatable bonds is 4. The van der Waals surface area contributed by atoms with Gasteiger partial charge in [0.2, 0.25) is 0 Å². The third-order valence-corrected chi connectivity index (χ3v) is 6.57. The van der Waals surface area contributed by atoms with Gasteiger partial charge in [0.25, 0.3) is 5.91 Å². The van der Waals surface area contributed by atoms with Crippen LogP contribution < -0.4 is 11.1 Å². The largest absolute Gasteiger partial charge is 0.348 e. The van der Waals surface area contributed by atoms with Crippen molar-refractivity contribution in [1.82, 2.24) is 10.3 Å². The van der Waals surface area contributed by atoms with Crippen LogP contribution in [-0.4, -0.2) is 23.5 Å². The summed E-state index contributed by atoms with van der Waals surface area (Å²) in [4.78, 5) is 18.1. The number of hydrogen-bond acceptors (Lipinski definition) is 4. The standard InChI is InChI=1S/C17H27N3OS.2ClH/c1-11-15(22-17(19-11)12-6-2-3-7-12)16(21)20-14-9-5-4-8-13(14)10-18;;/h12-14H,2-10,18H2,1H3,(H,20,21);2*1H. The highest BCUT2D eigenvalue weighted by molar-refractivity contribution is 7.13. The zero-order valence-corrected chi connectivity index (χ0v) is 16.7. The maximum atomic E-state index is 12.6. The van der Waals surface area contributed by atoms with Gasteiger partial charge in [-0.25, -0.2) is 4.98 Å². The highest BCUT2D eigenvalue weighted by atomic mass is 35.5. The molecule has 1 aromatic rings. The molecule has 0 spiro atoms. The Balaban J connectivity index is 0.00000144. The van der Waals surface area contributed by atoms with Crippen molar-refractivity contribution in [2.75, 3.05) is 6.54 Å². The molecular formula is C17H29Cl2N3OS. The molecule has 2 saturated carbocycles. The van der Waals surface area contributed by atoms with Gasteiger partial charge in [-0.05, 0) is 45.1 Å². The van der Waals surface area contributed by atoms with Crippen molar-refractivity contribution in [3.8, 4) is 0 Å². The first-order valence-corrected chi connectivity index (χ1v) is 9.49. The summed E-state index contributed by atoms with van der Waals surface area (Å²) in [5, 5.41) is 4.40. The summed E-state index contributed by atoms with van der Waals surface area (Å²) < 4.78 is 0. The Morgan fingerprint density at radius 3 is 2.46 bits per heavy atom. The number of carbonyl (C=O) groups is 1. The van der Waals surface area contributed by atoms with E-state index in [2.05, 4.69) is 10.3 Å². The van der Waals surface area contributed by atoms with Gasteiger partial charge in [0.1, 0.15) is 4.88 Å². The number of nitrogens with two attached hydrogens (primary N) is 1. The molecule has 2 unspecified atom stereocenters. The molecule has 0 aromatic carbocycles. The van der Waals surface area contributed by atoms with E-state index in [0.29, 0.717) is 18.4 Å². The molecule has 1 amide bonds. The third-order valence-electron chi connectivity index (χ3n) is 5.25. The number of carbonyl (C=O) groups excluding carboxylic acids is 1. The smallest absolute Gasteiger partial charge is 0.263 e. The van der Waals surface area contributed by atoms with Crippen LogP contribution in [0, 0.1) is 12.8 Å². The number of amides is 1. The number of halogens is 2. The molecule has 0 bridgehead atoms. The number of hydrogen-bond donors (Lipinski definition) is 2. The Bertz CT molecular complexity index is 532. The van der Waals surface area contributed by atoms with E-state index < -0.39 is 0 Å². The van der Waals surface area contributed by atoms with Crippen LogP contribution in [0.5, 0.6) is 0 Å². The normalized spacial score (nSPS) is 24.1. The Labute approximate surface area is 161 Å². The van der Waals surface area contributed by atoms with Crippen LogP contribution in [0.25, 0.3) is 0 Å². The minimum Gasteiger partial charge on any atom is -0.348 e. The van der Waals surface area contributed by atoms with Crippen molar-refractivity contribution < 1.29 is 4.79 Å². The van der Waals surface area contributed by atoms with Gasteiger partial charge in [-0.3, -0.25) is 4.79 Å². The molecule has 3 rings (SSSR count). The Morgan fingerprint density at radius 1 is 1.17 bits per heavy atom. The number of thiazole rings is 1. The fraction of sp³-hybridized carbons (Fsp3) is 0.765. The minimum atomic E-state index is 0. The van der Waals surface area contributed by atoms with Crippen LogP contribution in [0.1, 0.15) is 77.7 Å². The van der Waals surface area contributed by atoms with Crippen LogP contribution in [0.4, 0.5) is 0 Å². The Kier molecular flexibility index (Phi) is 8.99. The van der Waals surface area contributed by atoms with Crippen molar-refractivity contribution in [2.24, 2.45) is 11.7 Å². The quantitative estimate of drug-likeness (QED) is 0.804. The van der Waals surface area contributed by atoms with Crippen molar-refractivity contribution >= 4 is 42.1 Å². The lowest BCUT2D eigenvalue weighted by molar-refractivity contribution is 0.0911. The van der Waals surface area contributed by atoms with Gasteiger partial charge in [0, 0.05) is 12.0 Å². The molecule has 2 aliphatic rings. The predicted octanol–water partition coefficient (Wildman–Crippen LogP) is 4.20. The van der Waals surface area contributed by atoms with E-state index in [1.54, 1.807) is 11.3 Å².